The Bertz CT molecular complexity index is 538. The third-order valence-corrected chi connectivity index (χ3v) is 3.71. The molecule has 0 saturated heterocycles. The van der Waals surface area contributed by atoms with Crippen LogP contribution in [-0.4, -0.2) is 24.9 Å². The fourth-order valence-electron chi connectivity index (χ4n) is 2.11. The van der Waals surface area contributed by atoms with Gasteiger partial charge in [0, 0.05) is 18.7 Å². The number of nitrogens with one attached hydrogen (secondary N) is 2. The number of hydrogen-bond acceptors (Lipinski definition) is 3. The Morgan fingerprint density at radius 2 is 2.10 bits per heavy atom. The Morgan fingerprint density at radius 3 is 2.80 bits per heavy atom. The average Bonchev–Trinajstić information content (AvgIpc) is 2.44. The van der Waals surface area contributed by atoms with Gasteiger partial charge >= 0.3 is 0 Å². The first-order valence-electron chi connectivity index (χ1n) is 6.81. The van der Waals surface area contributed by atoms with Gasteiger partial charge in [-0.05, 0) is 50.1 Å². The summed E-state index contributed by atoms with van der Waals surface area (Å²) in [7, 11) is 0. The number of hydrogen-bond donors (Lipinski definition) is 3. The van der Waals surface area contributed by atoms with E-state index < -0.39 is 11.3 Å². The summed E-state index contributed by atoms with van der Waals surface area (Å²) in [6.45, 7) is 5.43. The molecule has 1 aliphatic heterocycles. The summed E-state index contributed by atoms with van der Waals surface area (Å²) in [6.07, 6.45) is 0.992. The molecule has 5 heteroatoms. The first-order chi connectivity index (χ1) is 9.40. The molecule has 0 aliphatic carbocycles. The SMILES string of the molecule is CC(C)(CNC(=O)c1ccc2c(c1)CNCC2)C(N)=O. The van der Waals surface area contributed by atoms with Crippen molar-refractivity contribution < 1.29 is 9.59 Å². The monoisotopic (exact) mass is 275 g/mol. The Balaban J connectivity index is 2.04. The summed E-state index contributed by atoms with van der Waals surface area (Å²) >= 11 is 0. The van der Waals surface area contributed by atoms with Crippen LogP contribution in [0.4, 0.5) is 0 Å². The third-order valence-electron chi connectivity index (χ3n) is 3.71. The number of primary amides is 1. The fourth-order valence-corrected chi connectivity index (χ4v) is 2.11. The molecule has 0 saturated carbocycles. The van der Waals surface area contributed by atoms with Crippen LogP contribution >= 0.6 is 0 Å². The molecule has 0 fully saturated rings. The van der Waals surface area contributed by atoms with Gasteiger partial charge in [-0.15, -0.1) is 0 Å². The second-order valence-corrected chi connectivity index (χ2v) is 5.84. The molecule has 4 N–H and O–H groups in total. The van der Waals surface area contributed by atoms with Gasteiger partial charge in [0.25, 0.3) is 5.91 Å². The number of amides is 2. The normalized spacial score (nSPS) is 14.5. The summed E-state index contributed by atoms with van der Waals surface area (Å²) in [6, 6.07) is 5.75. The first-order valence-corrected chi connectivity index (χ1v) is 6.81. The van der Waals surface area contributed by atoms with Crippen LogP contribution < -0.4 is 16.4 Å². The van der Waals surface area contributed by atoms with Gasteiger partial charge in [0.1, 0.15) is 0 Å². The molecule has 0 unspecified atom stereocenters. The molecular weight excluding hydrogens is 254 g/mol. The Kier molecular flexibility index (Phi) is 4.09. The highest BCUT2D eigenvalue weighted by atomic mass is 16.2. The topological polar surface area (TPSA) is 84.2 Å². The van der Waals surface area contributed by atoms with Gasteiger partial charge < -0.3 is 16.4 Å². The lowest BCUT2D eigenvalue weighted by atomic mass is 9.92. The molecule has 5 nitrogen and oxygen atoms in total. The zero-order valence-electron chi connectivity index (χ0n) is 12.0. The Morgan fingerprint density at radius 1 is 1.35 bits per heavy atom. The zero-order valence-corrected chi connectivity index (χ0v) is 12.0. The molecule has 108 valence electrons. The van der Waals surface area contributed by atoms with Crippen LogP contribution in [0.15, 0.2) is 18.2 Å². The van der Waals surface area contributed by atoms with E-state index in [9.17, 15) is 9.59 Å². The lowest BCUT2D eigenvalue weighted by molar-refractivity contribution is -0.125. The molecule has 0 spiro atoms. The van der Waals surface area contributed by atoms with Crippen molar-refractivity contribution in [1.82, 2.24) is 10.6 Å². The molecule has 2 rings (SSSR count). The molecule has 0 bridgehead atoms. The van der Waals surface area contributed by atoms with Crippen LogP contribution in [-0.2, 0) is 17.8 Å². The number of carbonyl (C=O) groups excluding carboxylic acids is 2. The smallest absolute Gasteiger partial charge is 0.251 e. The number of carbonyl (C=O) groups is 2. The van der Waals surface area contributed by atoms with Crippen LogP contribution in [0.25, 0.3) is 0 Å². The second kappa shape index (κ2) is 5.63. The molecule has 0 aromatic heterocycles. The highest BCUT2D eigenvalue weighted by molar-refractivity contribution is 5.95. The highest BCUT2D eigenvalue weighted by Crippen LogP contribution is 2.17. The molecule has 0 radical (unpaired) electrons. The van der Waals surface area contributed by atoms with Crippen molar-refractivity contribution in [2.24, 2.45) is 11.1 Å². The second-order valence-electron chi connectivity index (χ2n) is 5.84. The Labute approximate surface area is 118 Å². The molecule has 2 amide bonds. The summed E-state index contributed by atoms with van der Waals surface area (Å²) in [4.78, 5) is 23.3. The van der Waals surface area contributed by atoms with E-state index in [2.05, 4.69) is 10.6 Å². The van der Waals surface area contributed by atoms with E-state index in [1.54, 1.807) is 13.8 Å². The van der Waals surface area contributed by atoms with Gasteiger partial charge in [-0.1, -0.05) is 6.07 Å². The van der Waals surface area contributed by atoms with Gasteiger partial charge in [0.2, 0.25) is 5.91 Å². The largest absolute Gasteiger partial charge is 0.369 e. The van der Waals surface area contributed by atoms with Crippen molar-refractivity contribution >= 4 is 11.8 Å². The van der Waals surface area contributed by atoms with E-state index in [0.717, 1.165) is 25.1 Å². The Hall–Kier alpha value is -1.88. The standard InChI is InChI=1S/C15H21N3O2/c1-15(2,14(16)20)9-18-13(19)11-4-3-10-5-6-17-8-12(10)7-11/h3-4,7,17H,5-6,8-9H2,1-2H3,(H2,16,20)(H,18,19). The van der Waals surface area contributed by atoms with Gasteiger partial charge in [-0.25, -0.2) is 0 Å². The maximum atomic E-state index is 12.1. The van der Waals surface area contributed by atoms with Crippen LogP contribution in [0.5, 0.6) is 0 Å². The molecule has 20 heavy (non-hydrogen) atoms. The van der Waals surface area contributed by atoms with E-state index in [-0.39, 0.29) is 12.5 Å². The van der Waals surface area contributed by atoms with Crippen molar-refractivity contribution in [1.29, 1.82) is 0 Å². The van der Waals surface area contributed by atoms with E-state index >= 15 is 0 Å². The lowest BCUT2D eigenvalue weighted by Crippen LogP contribution is -2.42. The number of benzene rings is 1. The summed E-state index contributed by atoms with van der Waals surface area (Å²) in [5.74, 6) is -0.597. The fraction of sp³-hybridized carbons (Fsp3) is 0.467. The minimum absolute atomic E-state index is 0.173. The predicted octanol–water partition coefficient (Wildman–Crippen LogP) is 0.574. The number of rotatable bonds is 4. The predicted molar refractivity (Wildman–Crippen MR) is 77.2 cm³/mol. The summed E-state index contributed by atoms with van der Waals surface area (Å²) in [5, 5.41) is 6.05. The maximum Gasteiger partial charge on any atom is 0.251 e. The van der Waals surface area contributed by atoms with Crippen LogP contribution in [0.3, 0.4) is 0 Å². The van der Waals surface area contributed by atoms with Crippen molar-refractivity contribution in [2.45, 2.75) is 26.8 Å². The molecule has 1 heterocycles. The van der Waals surface area contributed by atoms with Gasteiger partial charge in [-0.3, -0.25) is 9.59 Å². The molecule has 1 aromatic carbocycles. The number of fused-ring (bicyclic) bond motifs is 1. The maximum absolute atomic E-state index is 12.1. The van der Waals surface area contributed by atoms with Crippen LogP contribution in [0.2, 0.25) is 0 Å². The van der Waals surface area contributed by atoms with Crippen molar-refractivity contribution in [2.75, 3.05) is 13.1 Å². The van der Waals surface area contributed by atoms with Gasteiger partial charge in [0.15, 0.2) is 0 Å². The molecule has 1 aliphatic rings. The summed E-state index contributed by atoms with van der Waals surface area (Å²) in [5.41, 5.74) is 7.62. The molecular formula is C15H21N3O2. The first kappa shape index (κ1) is 14.5. The third kappa shape index (κ3) is 3.17. The number of nitrogens with two attached hydrogens (primary N) is 1. The minimum atomic E-state index is -0.745. The zero-order chi connectivity index (χ0) is 14.8. The highest BCUT2D eigenvalue weighted by Gasteiger charge is 2.25. The molecule has 0 atom stereocenters. The van der Waals surface area contributed by atoms with Crippen molar-refractivity contribution in [3.8, 4) is 0 Å². The lowest BCUT2D eigenvalue weighted by Gasteiger charge is -2.21. The van der Waals surface area contributed by atoms with Crippen LogP contribution in [0.1, 0.15) is 35.3 Å². The quantitative estimate of drug-likeness (QED) is 0.751. The van der Waals surface area contributed by atoms with E-state index in [1.807, 2.05) is 18.2 Å². The van der Waals surface area contributed by atoms with E-state index in [0.29, 0.717) is 5.56 Å². The summed E-state index contributed by atoms with van der Waals surface area (Å²) < 4.78 is 0. The van der Waals surface area contributed by atoms with Crippen molar-refractivity contribution in [3.05, 3.63) is 34.9 Å². The van der Waals surface area contributed by atoms with Gasteiger partial charge in [-0.2, -0.15) is 0 Å². The van der Waals surface area contributed by atoms with E-state index in [4.69, 9.17) is 5.73 Å². The van der Waals surface area contributed by atoms with Crippen molar-refractivity contribution in [3.63, 3.8) is 0 Å². The molecule has 1 aromatic rings. The van der Waals surface area contributed by atoms with Crippen LogP contribution in [0, 0.1) is 5.41 Å². The van der Waals surface area contributed by atoms with Gasteiger partial charge in [0.05, 0.1) is 5.41 Å². The minimum Gasteiger partial charge on any atom is -0.369 e. The van der Waals surface area contributed by atoms with E-state index in [1.165, 1.54) is 5.56 Å². The average molecular weight is 275 g/mol.